The minimum Gasteiger partial charge on any atom is -0.357 e. The lowest BCUT2D eigenvalue weighted by atomic mass is 10.0. The van der Waals surface area contributed by atoms with Crippen molar-refractivity contribution >= 4 is 46.7 Å². The third-order valence-electron chi connectivity index (χ3n) is 3.03. The summed E-state index contributed by atoms with van der Waals surface area (Å²) in [7, 11) is 1.45. The summed E-state index contributed by atoms with van der Waals surface area (Å²) in [6.45, 7) is 0. The molecule has 1 aliphatic heterocycles. The van der Waals surface area contributed by atoms with Crippen molar-refractivity contribution < 1.29 is 9.59 Å². The number of aromatic nitrogens is 1. The minimum atomic E-state index is -0.561. The highest BCUT2D eigenvalue weighted by Gasteiger charge is 2.32. The third kappa shape index (κ3) is 2.79. The molecule has 1 unspecified atom stereocenters. The van der Waals surface area contributed by atoms with Crippen LogP contribution in [-0.2, 0) is 9.59 Å². The quantitative estimate of drug-likeness (QED) is 0.440. The maximum atomic E-state index is 12.0. The first-order chi connectivity index (χ1) is 9.43. The summed E-state index contributed by atoms with van der Waals surface area (Å²) in [5.74, 6) is 5.28. The van der Waals surface area contributed by atoms with Crippen molar-refractivity contribution in [2.75, 3.05) is 17.8 Å². The highest BCUT2D eigenvalue weighted by atomic mass is 35.5. The van der Waals surface area contributed by atoms with Crippen LogP contribution >= 0.6 is 23.2 Å². The molecule has 0 saturated carbocycles. The summed E-state index contributed by atoms with van der Waals surface area (Å²) < 4.78 is 0. The van der Waals surface area contributed by atoms with Crippen LogP contribution in [-0.4, -0.2) is 34.8 Å². The van der Waals surface area contributed by atoms with Crippen LogP contribution in [0, 0.1) is 0 Å². The van der Waals surface area contributed by atoms with E-state index in [1.807, 2.05) is 0 Å². The number of rotatable bonds is 3. The molecule has 7 nitrogen and oxygen atoms in total. The van der Waals surface area contributed by atoms with E-state index in [-0.39, 0.29) is 39.9 Å². The largest absolute Gasteiger partial charge is 0.357 e. The van der Waals surface area contributed by atoms with Gasteiger partial charge in [0.25, 0.3) is 5.91 Å². The Labute approximate surface area is 125 Å². The molecule has 9 heteroatoms. The number of nitrogens with one attached hydrogen (secondary N) is 2. The van der Waals surface area contributed by atoms with E-state index >= 15 is 0 Å². The van der Waals surface area contributed by atoms with Crippen LogP contribution in [0.15, 0.2) is 6.07 Å². The van der Waals surface area contributed by atoms with Crippen LogP contribution in [0.4, 0.5) is 11.6 Å². The van der Waals surface area contributed by atoms with Crippen LogP contribution in [0.3, 0.4) is 0 Å². The van der Waals surface area contributed by atoms with Gasteiger partial charge in [0.05, 0.1) is 10.0 Å². The maximum Gasteiger partial charge on any atom is 0.251 e. The zero-order valence-electron chi connectivity index (χ0n) is 10.6. The third-order valence-corrected chi connectivity index (χ3v) is 3.60. The average Bonchev–Trinajstić information content (AvgIpc) is 2.42. The number of halogens is 2. The van der Waals surface area contributed by atoms with Gasteiger partial charge in [0, 0.05) is 13.5 Å². The Hall–Kier alpha value is -1.57. The summed E-state index contributed by atoms with van der Waals surface area (Å²) in [5, 5.41) is 3.45. The van der Waals surface area contributed by atoms with Crippen LogP contribution in [0.2, 0.25) is 10.0 Å². The summed E-state index contributed by atoms with van der Waals surface area (Å²) in [5.41, 5.74) is 2.34. The fraction of sp³-hybridized carbons (Fsp3) is 0.364. The molecule has 1 aromatic rings. The number of carbonyl (C=O) groups excluding carboxylic acids is 2. The number of likely N-dealkylation sites (tertiary alicyclic amines) is 1. The van der Waals surface area contributed by atoms with Crippen molar-refractivity contribution in [3.63, 3.8) is 0 Å². The number of piperidine rings is 1. The average molecular weight is 318 g/mol. The molecule has 1 fully saturated rings. The lowest BCUT2D eigenvalue weighted by Crippen LogP contribution is -2.48. The van der Waals surface area contributed by atoms with Crippen molar-refractivity contribution in [1.29, 1.82) is 0 Å². The predicted molar refractivity (Wildman–Crippen MR) is 76.5 cm³/mol. The van der Waals surface area contributed by atoms with E-state index in [1.165, 1.54) is 13.1 Å². The Bertz CT molecular complexity index is 566. The molecule has 1 aromatic heterocycles. The molecule has 0 radical (unpaired) electrons. The van der Waals surface area contributed by atoms with Gasteiger partial charge in [-0.15, -0.1) is 0 Å². The monoisotopic (exact) mass is 317 g/mol. The van der Waals surface area contributed by atoms with E-state index in [0.717, 1.165) is 4.90 Å². The smallest absolute Gasteiger partial charge is 0.251 e. The number of pyridine rings is 1. The van der Waals surface area contributed by atoms with E-state index in [9.17, 15) is 9.59 Å². The van der Waals surface area contributed by atoms with Crippen LogP contribution in [0.25, 0.3) is 0 Å². The van der Waals surface area contributed by atoms with Gasteiger partial charge in [-0.05, 0) is 12.5 Å². The number of hydrogen-bond acceptors (Lipinski definition) is 6. The highest BCUT2D eigenvalue weighted by Crippen LogP contribution is 2.30. The van der Waals surface area contributed by atoms with Crippen molar-refractivity contribution in [3.8, 4) is 0 Å². The number of imide groups is 1. The second-order valence-corrected chi connectivity index (χ2v) is 5.13. The summed E-state index contributed by atoms with van der Waals surface area (Å²) in [4.78, 5) is 28.6. The summed E-state index contributed by atoms with van der Waals surface area (Å²) in [6.07, 6.45) is 0.668. The SMILES string of the molecule is CN1C(=O)CCC(Nc2nc(NN)c(Cl)cc2Cl)C1=O. The van der Waals surface area contributed by atoms with Gasteiger partial charge in [0.15, 0.2) is 5.82 Å². The molecule has 1 saturated heterocycles. The maximum absolute atomic E-state index is 12.0. The van der Waals surface area contributed by atoms with Gasteiger partial charge in [0.2, 0.25) is 5.91 Å². The first-order valence-electron chi connectivity index (χ1n) is 5.83. The van der Waals surface area contributed by atoms with Gasteiger partial charge in [-0.2, -0.15) is 0 Å². The highest BCUT2D eigenvalue weighted by molar-refractivity contribution is 6.37. The number of nitrogens with two attached hydrogens (primary N) is 1. The number of hydrazine groups is 1. The molecule has 0 bridgehead atoms. The topological polar surface area (TPSA) is 100 Å². The molecule has 1 atom stereocenters. The second-order valence-electron chi connectivity index (χ2n) is 4.32. The molecular weight excluding hydrogens is 305 g/mol. The number of carbonyl (C=O) groups is 2. The zero-order chi connectivity index (χ0) is 14.9. The Morgan fingerprint density at radius 2 is 2.00 bits per heavy atom. The number of nitrogens with zero attached hydrogens (tertiary/aromatic N) is 2. The minimum absolute atomic E-state index is 0.201. The molecule has 0 aliphatic carbocycles. The lowest BCUT2D eigenvalue weighted by Gasteiger charge is -2.28. The fourth-order valence-electron chi connectivity index (χ4n) is 1.88. The normalized spacial score (nSPS) is 19.2. The van der Waals surface area contributed by atoms with Crippen molar-refractivity contribution in [2.24, 2.45) is 5.84 Å². The molecule has 2 heterocycles. The number of nitrogen functional groups attached to an aromatic ring is 1. The number of anilines is 2. The fourth-order valence-corrected chi connectivity index (χ4v) is 2.35. The summed E-state index contributed by atoms with van der Waals surface area (Å²) in [6, 6.07) is 0.907. The van der Waals surface area contributed by atoms with Crippen molar-refractivity contribution in [2.45, 2.75) is 18.9 Å². The first kappa shape index (κ1) is 14.8. The van der Waals surface area contributed by atoms with Gasteiger partial charge in [-0.25, -0.2) is 10.8 Å². The van der Waals surface area contributed by atoms with Crippen molar-refractivity contribution in [1.82, 2.24) is 9.88 Å². The Morgan fingerprint density at radius 3 is 2.65 bits per heavy atom. The predicted octanol–water partition coefficient (Wildman–Crippen LogP) is 1.23. The first-order valence-corrected chi connectivity index (χ1v) is 6.59. The van der Waals surface area contributed by atoms with Gasteiger partial charge < -0.3 is 10.7 Å². The molecular formula is C11H13Cl2N5O2. The van der Waals surface area contributed by atoms with Gasteiger partial charge in [-0.3, -0.25) is 14.5 Å². The van der Waals surface area contributed by atoms with Crippen LogP contribution in [0.5, 0.6) is 0 Å². The van der Waals surface area contributed by atoms with Gasteiger partial charge in [0.1, 0.15) is 11.9 Å². The molecule has 1 aliphatic rings. The van der Waals surface area contributed by atoms with E-state index in [4.69, 9.17) is 29.0 Å². The van der Waals surface area contributed by atoms with E-state index in [0.29, 0.717) is 6.42 Å². The van der Waals surface area contributed by atoms with Crippen molar-refractivity contribution in [3.05, 3.63) is 16.1 Å². The molecule has 108 valence electrons. The van der Waals surface area contributed by atoms with E-state index in [1.54, 1.807) is 0 Å². The molecule has 2 amide bonds. The number of hydrogen-bond donors (Lipinski definition) is 3. The lowest BCUT2D eigenvalue weighted by molar-refractivity contribution is -0.146. The molecule has 0 spiro atoms. The molecule has 20 heavy (non-hydrogen) atoms. The Balaban J connectivity index is 2.22. The van der Waals surface area contributed by atoms with Gasteiger partial charge in [-0.1, -0.05) is 23.2 Å². The Morgan fingerprint density at radius 1 is 1.35 bits per heavy atom. The molecule has 4 N–H and O–H groups in total. The Kier molecular flexibility index (Phi) is 4.32. The van der Waals surface area contributed by atoms with E-state index in [2.05, 4.69) is 15.7 Å². The molecule has 0 aromatic carbocycles. The summed E-state index contributed by atoms with van der Waals surface area (Å²) >= 11 is 11.9. The van der Waals surface area contributed by atoms with E-state index < -0.39 is 6.04 Å². The zero-order valence-corrected chi connectivity index (χ0v) is 12.1. The molecule has 2 rings (SSSR count). The van der Waals surface area contributed by atoms with Gasteiger partial charge >= 0.3 is 0 Å². The van der Waals surface area contributed by atoms with Crippen LogP contribution < -0.4 is 16.6 Å². The standard InChI is InChI=1S/C11H13Cl2N5O2/c1-18-8(19)3-2-7(11(18)20)15-9-5(12)4-6(13)10(16-9)17-14/h4,7H,2-3,14H2,1H3,(H2,15,16,17). The van der Waals surface area contributed by atoms with Crippen LogP contribution in [0.1, 0.15) is 12.8 Å². The number of likely N-dealkylation sites (N-methyl/N-ethyl adjacent to an activating group) is 1. The number of amides is 2. The second kappa shape index (κ2) is 5.82.